The maximum atomic E-state index is 12.4. The molecule has 22 heavy (non-hydrogen) atoms. The highest BCUT2D eigenvalue weighted by atomic mass is 35.5. The summed E-state index contributed by atoms with van der Waals surface area (Å²) in [7, 11) is 0. The van der Waals surface area contributed by atoms with Gasteiger partial charge in [-0.1, -0.05) is 11.6 Å². The van der Waals surface area contributed by atoms with Crippen LogP contribution in [0.15, 0.2) is 18.2 Å². The highest BCUT2D eigenvalue weighted by Gasteiger charge is 2.31. The number of piperidine rings is 1. The summed E-state index contributed by atoms with van der Waals surface area (Å²) in [5.74, 6) is -0.113. The summed E-state index contributed by atoms with van der Waals surface area (Å²) >= 11 is 5.89. The van der Waals surface area contributed by atoms with Crippen LogP contribution >= 0.6 is 11.6 Å². The summed E-state index contributed by atoms with van der Waals surface area (Å²) in [4.78, 5) is 25.4. The van der Waals surface area contributed by atoms with Crippen molar-refractivity contribution >= 4 is 23.4 Å². The van der Waals surface area contributed by atoms with Gasteiger partial charge in [0.15, 0.2) is 6.61 Å². The van der Waals surface area contributed by atoms with Gasteiger partial charge in [0.05, 0.1) is 5.92 Å². The zero-order chi connectivity index (χ0) is 16.3. The Kier molecular flexibility index (Phi) is 5.29. The van der Waals surface area contributed by atoms with Crippen molar-refractivity contribution < 1.29 is 14.3 Å². The number of ether oxygens (including phenoxy) is 1. The van der Waals surface area contributed by atoms with Crippen molar-refractivity contribution in [2.45, 2.75) is 32.7 Å². The minimum atomic E-state index is -0.348. The standard InChI is InChI=1S/C16H21ClN2O3/c1-10-7-13(17)5-6-14(10)22-9-15(20)19-8-12(16(18)21)4-3-11(19)2/h5-7,11-12H,3-4,8-9H2,1-2H3,(H2,18,21)/t11-,12-/m1/s1. The van der Waals surface area contributed by atoms with E-state index in [0.29, 0.717) is 17.3 Å². The molecule has 0 aliphatic carbocycles. The fraction of sp³-hybridized carbons (Fsp3) is 0.500. The number of hydrogen-bond donors (Lipinski definition) is 1. The van der Waals surface area contributed by atoms with Crippen molar-refractivity contribution in [2.24, 2.45) is 11.7 Å². The number of carbonyl (C=O) groups is 2. The molecule has 0 spiro atoms. The van der Waals surface area contributed by atoms with E-state index >= 15 is 0 Å². The Balaban J connectivity index is 1.97. The van der Waals surface area contributed by atoms with Crippen LogP contribution in [0.4, 0.5) is 0 Å². The number of likely N-dealkylation sites (tertiary alicyclic amines) is 1. The topological polar surface area (TPSA) is 72.6 Å². The number of benzene rings is 1. The molecule has 2 atom stereocenters. The number of halogens is 1. The lowest BCUT2D eigenvalue weighted by Gasteiger charge is -2.36. The van der Waals surface area contributed by atoms with E-state index in [2.05, 4.69) is 0 Å². The molecule has 1 aliphatic rings. The normalized spacial score (nSPS) is 21.5. The second-order valence-corrected chi connectivity index (χ2v) is 6.21. The minimum absolute atomic E-state index is 0.0572. The van der Waals surface area contributed by atoms with Gasteiger partial charge in [-0.3, -0.25) is 9.59 Å². The average molecular weight is 325 g/mol. The number of aryl methyl sites for hydroxylation is 1. The smallest absolute Gasteiger partial charge is 0.260 e. The first-order chi connectivity index (χ1) is 10.4. The second kappa shape index (κ2) is 7.01. The fourth-order valence-electron chi connectivity index (χ4n) is 2.68. The molecule has 0 aromatic heterocycles. The Morgan fingerprint density at radius 2 is 2.14 bits per heavy atom. The largest absolute Gasteiger partial charge is 0.483 e. The van der Waals surface area contributed by atoms with Crippen LogP contribution in [0.25, 0.3) is 0 Å². The Morgan fingerprint density at radius 1 is 1.41 bits per heavy atom. The first-order valence-electron chi connectivity index (χ1n) is 7.36. The first-order valence-corrected chi connectivity index (χ1v) is 7.74. The predicted molar refractivity (Wildman–Crippen MR) is 84.8 cm³/mol. The van der Waals surface area contributed by atoms with E-state index in [1.807, 2.05) is 13.8 Å². The quantitative estimate of drug-likeness (QED) is 0.922. The summed E-state index contributed by atoms with van der Waals surface area (Å²) in [6.07, 6.45) is 1.51. The maximum Gasteiger partial charge on any atom is 0.260 e. The number of primary amides is 1. The van der Waals surface area contributed by atoms with Crippen molar-refractivity contribution in [3.63, 3.8) is 0 Å². The molecule has 1 aromatic rings. The molecule has 2 amide bonds. The molecule has 1 aliphatic heterocycles. The summed E-state index contributed by atoms with van der Waals surface area (Å²) in [5.41, 5.74) is 6.23. The fourth-order valence-corrected chi connectivity index (χ4v) is 2.91. The third-order valence-electron chi connectivity index (χ3n) is 4.09. The van der Waals surface area contributed by atoms with E-state index in [4.69, 9.17) is 22.1 Å². The van der Waals surface area contributed by atoms with Crippen molar-refractivity contribution in [3.05, 3.63) is 28.8 Å². The SMILES string of the molecule is Cc1cc(Cl)ccc1OCC(=O)N1C[C@H](C(N)=O)CC[C@H]1C. The van der Waals surface area contributed by atoms with Crippen molar-refractivity contribution in [3.8, 4) is 5.75 Å². The van der Waals surface area contributed by atoms with Gasteiger partial charge >= 0.3 is 0 Å². The van der Waals surface area contributed by atoms with Crippen LogP contribution in [-0.2, 0) is 9.59 Å². The molecule has 1 heterocycles. The Labute approximate surface area is 135 Å². The van der Waals surface area contributed by atoms with Crippen LogP contribution in [0.2, 0.25) is 5.02 Å². The Morgan fingerprint density at radius 3 is 2.77 bits per heavy atom. The lowest BCUT2D eigenvalue weighted by atomic mass is 9.93. The van der Waals surface area contributed by atoms with E-state index in [0.717, 1.165) is 18.4 Å². The van der Waals surface area contributed by atoms with Crippen molar-refractivity contribution in [1.82, 2.24) is 4.90 Å². The second-order valence-electron chi connectivity index (χ2n) is 5.77. The third kappa shape index (κ3) is 3.91. The van der Waals surface area contributed by atoms with Crippen LogP contribution in [0, 0.1) is 12.8 Å². The molecule has 1 fully saturated rings. The zero-order valence-electron chi connectivity index (χ0n) is 12.8. The minimum Gasteiger partial charge on any atom is -0.483 e. The average Bonchev–Trinajstić information content (AvgIpc) is 2.46. The van der Waals surface area contributed by atoms with Gasteiger partial charge in [-0.2, -0.15) is 0 Å². The van der Waals surface area contributed by atoms with Gasteiger partial charge in [-0.25, -0.2) is 0 Å². The molecule has 2 rings (SSSR count). The predicted octanol–water partition coefficient (Wildman–Crippen LogP) is 2.14. The molecule has 2 N–H and O–H groups in total. The van der Waals surface area contributed by atoms with Gasteiger partial charge in [-0.05, 0) is 50.5 Å². The number of nitrogens with zero attached hydrogens (tertiary/aromatic N) is 1. The first kappa shape index (κ1) is 16.6. The number of carbonyl (C=O) groups excluding carboxylic acids is 2. The number of nitrogens with two attached hydrogens (primary N) is 1. The molecule has 1 aromatic carbocycles. The van der Waals surface area contributed by atoms with E-state index in [-0.39, 0.29) is 30.4 Å². The van der Waals surface area contributed by atoms with E-state index in [1.165, 1.54) is 0 Å². The van der Waals surface area contributed by atoms with Gasteiger partial charge in [-0.15, -0.1) is 0 Å². The summed E-state index contributed by atoms with van der Waals surface area (Å²) in [6.45, 7) is 4.16. The summed E-state index contributed by atoms with van der Waals surface area (Å²) < 4.78 is 5.58. The molecule has 0 radical (unpaired) electrons. The summed E-state index contributed by atoms with van der Waals surface area (Å²) in [5, 5.41) is 0.630. The number of rotatable bonds is 4. The van der Waals surface area contributed by atoms with Crippen LogP contribution in [0.3, 0.4) is 0 Å². The maximum absolute atomic E-state index is 12.4. The lowest BCUT2D eigenvalue weighted by molar-refractivity contribution is -0.139. The van der Waals surface area contributed by atoms with Crippen molar-refractivity contribution in [2.75, 3.05) is 13.2 Å². The number of hydrogen-bond acceptors (Lipinski definition) is 3. The summed E-state index contributed by atoms with van der Waals surface area (Å²) in [6, 6.07) is 5.35. The Bertz CT molecular complexity index is 577. The molecule has 0 saturated carbocycles. The van der Waals surface area contributed by atoms with Crippen LogP contribution in [-0.4, -0.2) is 35.9 Å². The zero-order valence-corrected chi connectivity index (χ0v) is 13.6. The molecule has 0 unspecified atom stereocenters. The monoisotopic (exact) mass is 324 g/mol. The van der Waals surface area contributed by atoms with Gasteiger partial charge in [0.2, 0.25) is 5.91 Å². The molecular formula is C16H21ClN2O3. The molecule has 5 nitrogen and oxygen atoms in total. The molecule has 120 valence electrons. The van der Waals surface area contributed by atoms with E-state index < -0.39 is 0 Å². The molecule has 6 heteroatoms. The van der Waals surface area contributed by atoms with Gasteiger partial charge < -0.3 is 15.4 Å². The number of amides is 2. The van der Waals surface area contributed by atoms with Crippen LogP contribution < -0.4 is 10.5 Å². The lowest BCUT2D eigenvalue weighted by Crippen LogP contribution is -2.50. The van der Waals surface area contributed by atoms with Gasteiger partial charge in [0.25, 0.3) is 5.91 Å². The molecular weight excluding hydrogens is 304 g/mol. The van der Waals surface area contributed by atoms with Crippen LogP contribution in [0.1, 0.15) is 25.3 Å². The molecule has 0 bridgehead atoms. The highest BCUT2D eigenvalue weighted by Crippen LogP contribution is 2.24. The van der Waals surface area contributed by atoms with Gasteiger partial charge in [0, 0.05) is 17.6 Å². The Hall–Kier alpha value is -1.75. The highest BCUT2D eigenvalue weighted by molar-refractivity contribution is 6.30. The third-order valence-corrected chi connectivity index (χ3v) is 4.33. The molecule has 1 saturated heterocycles. The van der Waals surface area contributed by atoms with E-state index in [1.54, 1.807) is 23.1 Å². The van der Waals surface area contributed by atoms with Gasteiger partial charge in [0.1, 0.15) is 5.75 Å². The van der Waals surface area contributed by atoms with Crippen molar-refractivity contribution in [1.29, 1.82) is 0 Å². The van der Waals surface area contributed by atoms with E-state index in [9.17, 15) is 9.59 Å². The van der Waals surface area contributed by atoms with Crippen LogP contribution in [0.5, 0.6) is 5.75 Å².